The predicted octanol–water partition coefficient (Wildman–Crippen LogP) is 1.78. The molecule has 0 radical (unpaired) electrons. The molecule has 2 aromatic rings. The van der Waals surface area contributed by atoms with Gasteiger partial charge in [-0.25, -0.2) is 4.79 Å². The van der Waals surface area contributed by atoms with Crippen molar-refractivity contribution in [2.45, 2.75) is 18.9 Å². The van der Waals surface area contributed by atoms with Gasteiger partial charge in [-0.1, -0.05) is 30.3 Å². The molecular weight excluding hydrogens is 310 g/mol. The molecule has 0 aliphatic heterocycles. The van der Waals surface area contributed by atoms with Crippen LogP contribution in [0.5, 0.6) is 0 Å². The molecule has 126 valence electrons. The number of hydrogen-bond donors (Lipinski definition) is 1. The van der Waals surface area contributed by atoms with E-state index in [0.717, 1.165) is 5.56 Å². The van der Waals surface area contributed by atoms with E-state index in [4.69, 9.17) is 9.47 Å². The molecule has 0 aliphatic carbocycles. The first kappa shape index (κ1) is 17.6. The van der Waals surface area contributed by atoms with Crippen molar-refractivity contribution in [3.05, 3.63) is 66.0 Å². The van der Waals surface area contributed by atoms with Crippen molar-refractivity contribution < 1.29 is 24.2 Å². The molecular formula is C18H19NO5. The number of aliphatic hydroxyl groups excluding tert-OH is 1. The quantitative estimate of drug-likeness (QED) is 0.743. The number of nitrogens with zero attached hydrogens (tertiary/aromatic N) is 1. The van der Waals surface area contributed by atoms with E-state index in [1.165, 1.54) is 6.20 Å². The average Bonchev–Trinajstić information content (AvgIpc) is 2.64. The zero-order chi connectivity index (χ0) is 17.2. The lowest BCUT2D eigenvalue weighted by atomic mass is 10.1. The van der Waals surface area contributed by atoms with Crippen LogP contribution in [0.15, 0.2) is 54.9 Å². The molecule has 1 heterocycles. The summed E-state index contributed by atoms with van der Waals surface area (Å²) in [6.07, 6.45) is 2.78. The Labute approximate surface area is 140 Å². The first-order valence-corrected chi connectivity index (χ1v) is 7.60. The third-order valence-electron chi connectivity index (χ3n) is 3.26. The largest absolute Gasteiger partial charge is 0.458 e. The molecule has 2 rings (SSSR count). The normalized spacial score (nSPS) is 11.5. The molecule has 0 aliphatic rings. The summed E-state index contributed by atoms with van der Waals surface area (Å²) < 4.78 is 10.2. The summed E-state index contributed by atoms with van der Waals surface area (Å²) in [6.45, 7) is -0.626. The zero-order valence-electron chi connectivity index (χ0n) is 13.1. The van der Waals surface area contributed by atoms with Gasteiger partial charge in [-0.15, -0.1) is 0 Å². The van der Waals surface area contributed by atoms with Gasteiger partial charge in [0.1, 0.15) is 6.61 Å². The average molecular weight is 329 g/mol. The Morgan fingerprint density at radius 1 is 1.12 bits per heavy atom. The number of carbonyl (C=O) groups excluding carboxylic acids is 2. The zero-order valence-corrected chi connectivity index (χ0v) is 13.1. The highest BCUT2D eigenvalue weighted by atomic mass is 16.6. The summed E-state index contributed by atoms with van der Waals surface area (Å²) in [7, 11) is 0. The Balaban J connectivity index is 1.75. The monoisotopic (exact) mass is 329 g/mol. The summed E-state index contributed by atoms with van der Waals surface area (Å²) in [5.74, 6) is -1.03. The highest BCUT2D eigenvalue weighted by Gasteiger charge is 2.17. The summed E-state index contributed by atoms with van der Waals surface area (Å²) in [4.78, 5) is 27.4. The fourth-order valence-electron chi connectivity index (χ4n) is 2.00. The van der Waals surface area contributed by atoms with Crippen LogP contribution >= 0.6 is 0 Å². The number of rotatable bonds is 8. The first-order valence-electron chi connectivity index (χ1n) is 7.60. The van der Waals surface area contributed by atoms with Crippen LogP contribution in [0, 0.1) is 0 Å². The third-order valence-corrected chi connectivity index (χ3v) is 3.26. The lowest BCUT2D eigenvalue weighted by Crippen LogP contribution is -2.28. The maximum absolute atomic E-state index is 11.8. The van der Waals surface area contributed by atoms with Gasteiger partial charge in [0.05, 0.1) is 12.2 Å². The Hall–Kier alpha value is -2.73. The number of esters is 2. The SMILES string of the molecule is O=C(CCc1ccccc1)OC(CO)COC(=O)c1cccnc1. The van der Waals surface area contributed by atoms with E-state index in [9.17, 15) is 14.7 Å². The Kier molecular flexibility index (Phi) is 6.91. The molecule has 1 unspecified atom stereocenters. The number of ether oxygens (including phenoxy) is 2. The van der Waals surface area contributed by atoms with Gasteiger partial charge in [0.2, 0.25) is 0 Å². The van der Waals surface area contributed by atoms with Crippen LogP contribution in [0.4, 0.5) is 0 Å². The second kappa shape index (κ2) is 9.42. The van der Waals surface area contributed by atoms with Crippen molar-refractivity contribution in [3.8, 4) is 0 Å². The fraction of sp³-hybridized carbons (Fsp3) is 0.278. The highest BCUT2D eigenvalue weighted by molar-refractivity contribution is 5.88. The molecule has 1 aromatic heterocycles. The van der Waals surface area contributed by atoms with Gasteiger partial charge in [-0.2, -0.15) is 0 Å². The smallest absolute Gasteiger partial charge is 0.339 e. The van der Waals surface area contributed by atoms with Gasteiger partial charge < -0.3 is 14.6 Å². The van der Waals surface area contributed by atoms with Crippen LogP contribution < -0.4 is 0 Å². The van der Waals surface area contributed by atoms with E-state index >= 15 is 0 Å². The number of aryl methyl sites for hydroxylation is 1. The lowest BCUT2D eigenvalue weighted by Gasteiger charge is -2.15. The van der Waals surface area contributed by atoms with Crippen molar-refractivity contribution in [1.29, 1.82) is 0 Å². The molecule has 6 heteroatoms. The fourth-order valence-corrected chi connectivity index (χ4v) is 2.00. The third kappa shape index (κ3) is 5.81. The predicted molar refractivity (Wildman–Crippen MR) is 86.2 cm³/mol. The Morgan fingerprint density at radius 2 is 1.92 bits per heavy atom. The minimum atomic E-state index is -0.881. The minimum Gasteiger partial charge on any atom is -0.458 e. The number of benzene rings is 1. The molecule has 0 saturated carbocycles. The lowest BCUT2D eigenvalue weighted by molar-refractivity contribution is -0.153. The van der Waals surface area contributed by atoms with E-state index in [-0.39, 0.29) is 13.0 Å². The van der Waals surface area contributed by atoms with Gasteiger partial charge >= 0.3 is 11.9 Å². The van der Waals surface area contributed by atoms with Gasteiger partial charge in [-0.3, -0.25) is 9.78 Å². The Morgan fingerprint density at radius 3 is 2.58 bits per heavy atom. The molecule has 24 heavy (non-hydrogen) atoms. The number of pyridine rings is 1. The topological polar surface area (TPSA) is 85.7 Å². The molecule has 0 spiro atoms. The summed E-state index contributed by atoms with van der Waals surface area (Å²) >= 11 is 0. The van der Waals surface area contributed by atoms with Crippen molar-refractivity contribution in [2.75, 3.05) is 13.2 Å². The minimum absolute atomic E-state index is 0.192. The summed E-state index contributed by atoms with van der Waals surface area (Å²) in [5.41, 5.74) is 1.32. The van der Waals surface area contributed by atoms with Crippen molar-refractivity contribution in [3.63, 3.8) is 0 Å². The van der Waals surface area contributed by atoms with Crippen LogP contribution in [-0.2, 0) is 20.7 Å². The van der Waals surface area contributed by atoms with Crippen molar-refractivity contribution in [2.24, 2.45) is 0 Å². The summed E-state index contributed by atoms with van der Waals surface area (Å²) in [5, 5.41) is 9.26. The number of carbonyl (C=O) groups is 2. The molecule has 6 nitrogen and oxygen atoms in total. The van der Waals surface area contributed by atoms with Gasteiger partial charge in [0, 0.05) is 18.8 Å². The van der Waals surface area contributed by atoms with Gasteiger partial charge in [0.15, 0.2) is 6.10 Å². The van der Waals surface area contributed by atoms with E-state index in [1.807, 2.05) is 30.3 Å². The first-order chi connectivity index (χ1) is 11.7. The standard InChI is InChI=1S/C18H19NO5/c20-12-16(13-23-18(22)15-7-4-10-19-11-15)24-17(21)9-8-14-5-2-1-3-6-14/h1-7,10-11,16,20H,8-9,12-13H2. The van der Waals surface area contributed by atoms with Gasteiger partial charge in [0.25, 0.3) is 0 Å². The molecule has 1 N–H and O–H groups in total. The number of aromatic nitrogens is 1. The summed E-state index contributed by atoms with van der Waals surface area (Å²) in [6, 6.07) is 12.7. The number of hydrogen-bond acceptors (Lipinski definition) is 6. The second-order valence-electron chi connectivity index (χ2n) is 5.12. The molecule has 0 bridgehead atoms. The van der Waals surface area contributed by atoms with Crippen LogP contribution in [0.25, 0.3) is 0 Å². The van der Waals surface area contributed by atoms with Crippen LogP contribution in [0.2, 0.25) is 0 Å². The molecule has 0 fully saturated rings. The van der Waals surface area contributed by atoms with E-state index < -0.39 is 24.6 Å². The highest BCUT2D eigenvalue weighted by Crippen LogP contribution is 2.06. The van der Waals surface area contributed by atoms with Crippen LogP contribution in [0.3, 0.4) is 0 Å². The molecule has 0 amide bonds. The Bertz CT molecular complexity index is 645. The van der Waals surface area contributed by atoms with E-state index in [0.29, 0.717) is 12.0 Å². The van der Waals surface area contributed by atoms with E-state index in [2.05, 4.69) is 4.98 Å². The number of aliphatic hydroxyl groups is 1. The maximum Gasteiger partial charge on any atom is 0.339 e. The van der Waals surface area contributed by atoms with Gasteiger partial charge in [-0.05, 0) is 24.1 Å². The van der Waals surface area contributed by atoms with Crippen LogP contribution in [0.1, 0.15) is 22.3 Å². The second-order valence-corrected chi connectivity index (χ2v) is 5.12. The van der Waals surface area contributed by atoms with E-state index in [1.54, 1.807) is 18.3 Å². The molecule has 1 atom stereocenters. The van der Waals surface area contributed by atoms with Crippen molar-refractivity contribution >= 4 is 11.9 Å². The molecule has 0 saturated heterocycles. The maximum atomic E-state index is 11.8. The van der Waals surface area contributed by atoms with Crippen LogP contribution in [-0.4, -0.2) is 41.3 Å². The molecule has 1 aromatic carbocycles. The van der Waals surface area contributed by atoms with Crippen molar-refractivity contribution in [1.82, 2.24) is 4.98 Å².